The number of hydrogen-bond acceptors (Lipinski definition) is 7. The van der Waals surface area contributed by atoms with E-state index in [2.05, 4.69) is 10.4 Å². The number of halogens is 3. The Bertz CT molecular complexity index is 1270. The van der Waals surface area contributed by atoms with E-state index in [1.807, 2.05) is 0 Å². The number of carbonyl (C=O) groups excluding carboxylic acids is 4. The molecule has 1 saturated heterocycles. The molecule has 0 aliphatic carbocycles. The van der Waals surface area contributed by atoms with Gasteiger partial charge in [-0.05, 0) is 24.1 Å². The zero-order chi connectivity index (χ0) is 25.2. The van der Waals surface area contributed by atoms with Gasteiger partial charge in [0.1, 0.15) is 12.1 Å². The number of hydrogen-bond donors (Lipinski definition) is 2. The van der Waals surface area contributed by atoms with Gasteiger partial charge in [0.25, 0.3) is 11.8 Å². The number of carbonyl (C=O) groups is 4. The van der Waals surface area contributed by atoms with Crippen molar-refractivity contribution in [2.75, 3.05) is 4.90 Å². The molecule has 3 aliphatic rings. The van der Waals surface area contributed by atoms with E-state index < -0.39 is 47.9 Å². The monoisotopic (exact) mass is 490 g/mol. The number of anilines is 1. The minimum atomic E-state index is -4.61. The highest BCUT2D eigenvalue weighted by molar-refractivity contribution is 6.23. The van der Waals surface area contributed by atoms with Crippen LogP contribution in [-0.4, -0.2) is 62.6 Å². The van der Waals surface area contributed by atoms with Crippen LogP contribution in [0.5, 0.6) is 0 Å². The molecule has 4 heterocycles. The quantitative estimate of drug-likeness (QED) is 0.604. The van der Waals surface area contributed by atoms with Gasteiger partial charge in [-0.2, -0.15) is 18.3 Å². The lowest BCUT2D eigenvalue weighted by Gasteiger charge is -2.41. The molecule has 3 N–H and O–H groups in total. The summed E-state index contributed by atoms with van der Waals surface area (Å²) in [6.07, 6.45) is -3.27. The molecule has 0 bridgehead atoms. The molecule has 1 fully saturated rings. The average molecular weight is 490 g/mol. The van der Waals surface area contributed by atoms with Crippen LogP contribution in [0.3, 0.4) is 0 Å². The van der Waals surface area contributed by atoms with Gasteiger partial charge in [0.15, 0.2) is 0 Å². The molecule has 10 nitrogen and oxygen atoms in total. The molecule has 3 aliphatic heterocycles. The number of imide groups is 2. The first kappa shape index (κ1) is 23.0. The third-order valence-electron chi connectivity index (χ3n) is 6.71. The topological polar surface area (TPSA) is 131 Å². The molecule has 3 atom stereocenters. The first-order chi connectivity index (χ1) is 16.5. The van der Waals surface area contributed by atoms with Gasteiger partial charge in [-0.1, -0.05) is 6.07 Å². The maximum Gasteiger partial charge on any atom is 0.410 e. The molecule has 1 aromatic heterocycles. The smallest absolute Gasteiger partial charge is 0.351 e. The minimum Gasteiger partial charge on any atom is -0.351 e. The van der Waals surface area contributed by atoms with Crippen molar-refractivity contribution in [1.82, 2.24) is 20.0 Å². The summed E-state index contributed by atoms with van der Waals surface area (Å²) >= 11 is 0. The Hall–Kier alpha value is -3.74. The molecular formula is C22H21F3N6O4. The molecule has 0 spiro atoms. The number of nitrogens with two attached hydrogens (primary N) is 1. The molecule has 0 saturated carbocycles. The van der Waals surface area contributed by atoms with E-state index in [9.17, 15) is 32.3 Å². The Labute approximate surface area is 196 Å². The van der Waals surface area contributed by atoms with Crippen molar-refractivity contribution in [3.8, 4) is 0 Å². The van der Waals surface area contributed by atoms with E-state index in [1.165, 1.54) is 29.1 Å². The summed E-state index contributed by atoms with van der Waals surface area (Å²) in [6, 6.07) is -0.112. The van der Waals surface area contributed by atoms with Gasteiger partial charge in [-0.15, -0.1) is 0 Å². The first-order valence-electron chi connectivity index (χ1n) is 10.9. The summed E-state index contributed by atoms with van der Waals surface area (Å²) in [6.45, 7) is -0.232. The molecular weight excluding hydrogens is 469 g/mol. The summed E-state index contributed by atoms with van der Waals surface area (Å²) in [5.41, 5.74) is 7.19. The maximum atomic E-state index is 14.0. The third-order valence-corrected chi connectivity index (χ3v) is 6.71. The Morgan fingerprint density at radius 1 is 1.14 bits per heavy atom. The summed E-state index contributed by atoms with van der Waals surface area (Å²) < 4.78 is 43.4. The number of nitrogens with zero attached hydrogens (tertiary/aromatic N) is 4. The van der Waals surface area contributed by atoms with E-state index >= 15 is 0 Å². The number of benzene rings is 1. The average Bonchev–Trinajstić information content (AvgIpc) is 3.25. The Morgan fingerprint density at radius 2 is 1.86 bits per heavy atom. The molecule has 13 heteroatoms. The van der Waals surface area contributed by atoms with Crippen LogP contribution in [0.25, 0.3) is 0 Å². The fourth-order valence-electron chi connectivity index (χ4n) is 5.06. The van der Waals surface area contributed by atoms with Crippen LogP contribution in [0.1, 0.15) is 44.8 Å². The summed E-state index contributed by atoms with van der Waals surface area (Å²) in [7, 11) is 1.63. The van der Waals surface area contributed by atoms with Crippen molar-refractivity contribution in [1.29, 1.82) is 0 Å². The second-order valence-corrected chi connectivity index (χ2v) is 8.91. The number of fused-ring (bicyclic) bond motifs is 2. The fourth-order valence-corrected chi connectivity index (χ4v) is 5.06. The highest BCUT2D eigenvalue weighted by atomic mass is 19.4. The van der Waals surface area contributed by atoms with E-state index in [0.29, 0.717) is 16.9 Å². The number of rotatable bonds is 3. The minimum absolute atomic E-state index is 0.00456. The SMILES string of the molecule is Cn1ncc2c1CC(N)C(C(F)(F)F)N2Cc1ccc2c(c1)C(=O)N(C1CCC(=O)NC1=O)C2=O. The number of nitrogens with one attached hydrogen (secondary N) is 1. The van der Waals surface area contributed by atoms with Crippen LogP contribution >= 0.6 is 0 Å². The fraction of sp³-hybridized carbons (Fsp3) is 0.409. The van der Waals surface area contributed by atoms with Crippen LogP contribution in [0.15, 0.2) is 24.4 Å². The number of alkyl halides is 3. The summed E-state index contributed by atoms with van der Waals surface area (Å²) in [5, 5.41) is 6.20. The van der Waals surface area contributed by atoms with Crippen LogP contribution in [0.2, 0.25) is 0 Å². The Kier molecular flexibility index (Phi) is 5.20. The number of aromatic nitrogens is 2. The van der Waals surface area contributed by atoms with Gasteiger partial charge in [0.2, 0.25) is 11.8 Å². The molecule has 1 aromatic carbocycles. The van der Waals surface area contributed by atoms with Gasteiger partial charge in [-0.3, -0.25) is 34.1 Å². The second kappa shape index (κ2) is 7.90. The Balaban J connectivity index is 1.47. The predicted octanol–water partition coefficient (Wildman–Crippen LogP) is 0.642. The van der Waals surface area contributed by atoms with Crippen LogP contribution in [-0.2, 0) is 29.6 Å². The van der Waals surface area contributed by atoms with Crippen molar-refractivity contribution < 1.29 is 32.3 Å². The molecule has 35 heavy (non-hydrogen) atoms. The lowest BCUT2D eigenvalue weighted by molar-refractivity contribution is -0.154. The molecule has 4 amide bonds. The van der Waals surface area contributed by atoms with Gasteiger partial charge >= 0.3 is 6.18 Å². The molecule has 3 unspecified atom stereocenters. The molecule has 184 valence electrons. The van der Waals surface area contributed by atoms with E-state index in [-0.39, 0.29) is 36.9 Å². The zero-order valence-corrected chi connectivity index (χ0v) is 18.5. The van der Waals surface area contributed by atoms with Crippen molar-refractivity contribution in [2.45, 2.75) is 50.1 Å². The Morgan fingerprint density at radius 3 is 2.54 bits per heavy atom. The highest BCUT2D eigenvalue weighted by Crippen LogP contribution is 2.39. The van der Waals surface area contributed by atoms with Crippen molar-refractivity contribution in [3.63, 3.8) is 0 Å². The van der Waals surface area contributed by atoms with Gasteiger partial charge < -0.3 is 10.6 Å². The van der Waals surface area contributed by atoms with Crippen LogP contribution in [0, 0.1) is 0 Å². The number of aryl methyl sites for hydroxylation is 1. The highest BCUT2D eigenvalue weighted by Gasteiger charge is 2.51. The molecule has 2 aromatic rings. The van der Waals surface area contributed by atoms with Crippen molar-refractivity contribution in [3.05, 3.63) is 46.8 Å². The molecule has 5 rings (SSSR count). The van der Waals surface area contributed by atoms with Crippen molar-refractivity contribution >= 4 is 29.3 Å². The van der Waals surface area contributed by atoms with E-state index in [1.54, 1.807) is 7.05 Å². The van der Waals surface area contributed by atoms with E-state index in [4.69, 9.17) is 5.73 Å². The summed E-state index contributed by atoms with van der Waals surface area (Å²) in [4.78, 5) is 51.6. The second-order valence-electron chi connectivity index (χ2n) is 8.91. The van der Waals surface area contributed by atoms with Crippen molar-refractivity contribution in [2.24, 2.45) is 12.8 Å². The normalized spacial score (nSPS) is 24.5. The first-order valence-corrected chi connectivity index (χ1v) is 10.9. The predicted molar refractivity (Wildman–Crippen MR) is 114 cm³/mol. The lowest BCUT2D eigenvalue weighted by atomic mass is 9.94. The number of amides is 4. The molecule has 0 radical (unpaired) electrons. The lowest BCUT2D eigenvalue weighted by Crippen LogP contribution is -2.59. The largest absolute Gasteiger partial charge is 0.410 e. The standard InChI is InChI=1S/C22H21F3N6O4/c1-29-15-7-13(26)18(22(23,24)25)30(16(15)8-27-29)9-10-2-3-11-12(6-10)21(35)31(20(11)34)14-4-5-17(32)28-19(14)33/h2-3,6,8,13-14,18H,4-5,7,9,26H2,1H3,(H,28,32,33). The summed E-state index contributed by atoms with van der Waals surface area (Å²) in [5.74, 6) is -2.64. The van der Waals surface area contributed by atoms with Gasteiger partial charge in [-0.25, -0.2) is 0 Å². The zero-order valence-electron chi connectivity index (χ0n) is 18.5. The number of piperidine rings is 1. The van der Waals surface area contributed by atoms with Gasteiger partial charge in [0, 0.05) is 32.5 Å². The van der Waals surface area contributed by atoms with E-state index in [0.717, 1.165) is 9.80 Å². The maximum absolute atomic E-state index is 14.0. The third kappa shape index (κ3) is 3.66. The van der Waals surface area contributed by atoms with Crippen LogP contribution < -0.4 is 16.0 Å². The van der Waals surface area contributed by atoms with Crippen LogP contribution in [0.4, 0.5) is 18.9 Å². The van der Waals surface area contributed by atoms with Gasteiger partial charge in [0.05, 0.1) is 28.7 Å².